The van der Waals surface area contributed by atoms with Crippen molar-refractivity contribution in [2.45, 2.75) is 51.7 Å². The van der Waals surface area contributed by atoms with E-state index in [1.807, 2.05) is 51.1 Å². The van der Waals surface area contributed by atoms with E-state index in [-0.39, 0.29) is 23.6 Å². The van der Waals surface area contributed by atoms with E-state index in [2.05, 4.69) is 10.4 Å². The molecule has 1 aromatic heterocycles. The van der Waals surface area contributed by atoms with Crippen LogP contribution in [-0.4, -0.2) is 50.3 Å². The number of likely N-dealkylation sites (tertiary alicyclic amines) is 1. The summed E-state index contributed by atoms with van der Waals surface area (Å²) in [6, 6.07) is 15.7. The molecule has 1 saturated heterocycles. The highest BCUT2D eigenvalue weighted by Crippen LogP contribution is 2.33. The lowest BCUT2D eigenvalue weighted by Crippen LogP contribution is -2.41. The zero-order valence-electron chi connectivity index (χ0n) is 21.2. The lowest BCUT2D eigenvalue weighted by molar-refractivity contribution is -0.384. The van der Waals surface area contributed by atoms with Crippen molar-refractivity contribution in [3.8, 4) is 5.69 Å². The summed E-state index contributed by atoms with van der Waals surface area (Å²) < 4.78 is 7.19. The number of nitro benzene ring substituents is 1. The van der Waals surface area contributed by atoms with Gasteiger partial charge >= 0.3 is 6.09 Å². The normalized spacial score (nSPS) is 14.3. The Morgan fingerprint density at radius 1 is 1.08 bits per heavy atom. The van der Waals surface area contributed by atoms with Gasteiger partial charge in [0.1, 0.15) is 5.60 Å². The Kier molecular flexibility index (Phi) is 7.56. The van der Waals surface area contributed by atoms with Crippen molar-refractivity contribution in [1.82, 2.24) is 20.0 Å². The molecule has 10 heteroatoms. The van der Waals surface area contributed by atoms with Gasteiger partial charge in [-0.2, -0.15) is 5.10 Å². The molecule has 4 rings (SSSR count). The molecule has 0 aliphatic carbocycles. The van der Waals surface area contributed by atoms with Gasteiger partial charge in [-0.3, -0.25) is 14.9 Å². The minimum atomic E-state index is -0.577. The summed E-state index contributed by atoms with van der Waals surface area (Å²) in [5, 5.41) is 18.6. The third kappa shape index (κ3) is 6.32. The fraction of sp³-hybridized carbons (Fsp3) is 0.370. The maximum absolute atomic E-state index is 13.3. The van der Waals surface area contributed by atoms with Crippen molar-refractivity contribution < 1.29 is 19.2 Å². The predicted molar refractivity (Wildman–Crippen MR) is 138 cm³/mol. The second kappa shape index (κ2) is 10.8. The van der Waals surface area contributed by atoms with E-state index in [0.717, 1.165) is 11.3 Å². The molecule has 10 nitrogen and oxygen atoms in total. The molecule has 194 valence electrons. The van der Waals surface area contributed by atoms with Crippen LogP contribution >= 0.6 is 0 Å². The third-order valence-corrected chi connectivity index (χ3v) is 6.19. The second-order valence-electron chi connectivity index (χ2n) is 10.0. The standard InChI is InChI=1S/C27H31N5O5/c1-27(2,3)37-26(34)30-15-13-20(14-16-30)24-23(25(33)28-17-19-7-5-4-6-8-19)18-29-31(24)21-9-11-22(12-10-21)32(35)36/h4-12,18,20H,13-17H2,1-3H3,(H,28,33). The molecular weight excluding hydrogens is 474 g/mol. The van der Waals surface area contributed by atoms with Crippen molar-refractivity contribution in [2.24, 2.45) is 0 Å². The molecule has 0 bridgehead atoms. The summed E-state index contributed by atoms with van der Waals surface area (Å²) in [6.07, 6.45) is 2.43. The lowest BCUT2D eigenvalue weighted by atomic mass is 9.90. The SMILES string of the molecule is CC(C)(C)OC(=O)N1CCC(c2c(C(=O)NCc3ccccc3)cnn2-c2ccc([N+](=O)[O-])cc2)CC1. The van der Waals surface area contributed by atoms with Crippen LogP contribution in [0, 0.1) is 10.1 Å². The third-order valence-electron chi connectivity index (χ3n) is 6.19. The quantitative estimate of drug-likeness (QED) is 0.379. The number of carbonyl (C=O) groups is 2. The molecule has 1 N–H and O–H groups in total. The van der Waals surface area contributed by atoms with E-state index in [1.54, 1.807) is 21.7 Å². The molecule has 0 saturated carbocycles. The van der Waals surface area contributed by atoms with Crippen LogP contribution in [0.2, 0.25) is 0 Å². The summed E-state index contributed by atoms with van der Waals surface area (Å²) in [5.74, 6) is -0.296. The van der Waals surface area contributed by atoms with E-state index in [4.69, 9.17) is 4.74 Å². The topological polar surface area (TPSA) is 120 Å². The van der Waals surface area contributed by atoms with Crippen LogP contribution in [0.4, 0.5) is 10.5 Å². The zero-order chi connectivity index (χ0) is 26.6. The molecule has 2 heterocycles. The van der Waals surface area contributed by atoms with Crippen LogP contribution in [-0.2, 0) is 11.3 Å². The van der Waals surface area contributed by atoms with E-state index in [1.165, 1.54) is 18.3 Å². The number of non-ortho nitro benzene ring substituents is 1. The van der Waals surface area contributed by atoms with Crippen molar-refractivity contribution >= 4 is 17.7 Å². The Hall–Kier alpha value is -4.21. The average Bonchev–Trinajstić information content (AvgIpc) is 3.32. The maximum atomic E-state index is 13.3. The van der Waals surface area contributed by atoms with E-state index in [0.29, 0.717) is 43.7 Å². The number of benzene rings is 2. The Labute approximate surface area is 215 Å². The Morgan fingerprint density at radius 2 is 1.73 bits per heavy atom. The van der Waals surface area contributed by atoms with Gasteiger partial charge in [-0.05, 0) is 51.3 Å². The monoisotopic (exact) mass is 505 g/mol. The van der Waals surface area contributed by atoms with Gasteiger partial charge in [-0.1, -0.05) is 30.3 Å². The molecule has 0 radical (unpaired) electrons. The molecular formula is C27H31N5O5. The molecule has 0 spiro atoms. The Balaban J connectivity index is 1.59. The molecule has 0 atom stereocenters. The first-order valence-corrected chi connectivity index (χ1v) is 12.2. The van der Waals surface area contributed by atoms with Gasteiger partial charge in [0.05, 0.1) is 28.1 Å². The number of nitrogens with one attached hydrogen (secondary N) is 1. The number of aromatic nitrogens is 2. The molecule has 0 unspecified atom stereocenters. The number of nitro groups is 1. The summed E-state index contributed by atoms with van der Waals surface area (Å²) in [5.41, 5.74) is 2.17. The van der Waals surface area contributed by atoms with Crippen LogP contribution in [0.15, 0.2) is 60.8 Å². The summed E-state index contributed by atoms with van der Waals surface area (Å²) >= 11 is 0. The fourth-order valence-electron chi connectivity index (χ4n) is 4.38. The highest BCUT2D eigenvalue weighted by molar-refractivity contribution is 5.95. The smallest absolute Gasteiger partial charge is 0.410 e. The molecule has 1 aliphatic heterocycles. The van der Waals surface area contributed by atoms with Crippen LogP contribution in [0.3, 0.4) is 0 Å². The van der Waals surface area contributed by atoms with E-state index in [9.17, 15) is 19.7 Å². The molecule has 1 aliphatic rings. The van der Waals surface area contributed by atoms with Gasteiger partial charge in [0.15, 0.2) is 0 Å². The maximum Gasteiger partial charge on any atom is 0.410 e. The Morgan fingerprint density at radius 3 is 2.32 bits per heavy atom. The first-order valence-electron chi connectivity index (χ1n) is 12.2. The molecule has 3 aromatic rings. The van der Waals surface area contributed by atoms with Crippen LogP contribution < -0.4 is 5.32 Å². The van der Waals surface area contributed by atoms with E-state index >= 15 is 0 Å². The predicted octanol–water partition coefficient (Wildman–Crippen LogP) is 4.83. The highest BCUT2D eigenvalue weighted by Gasteiger charge is 2.32. The number of piperidine rings is 1. The Bertz CT molecular complexity index is 1260. The minimum absolute atomic E-state index is 0.0241. The van der Waals surface area contributed by atoms with E-state index < -0.39 is 10.5 Å². The van der Waals surface area contributed by atoms with Crippen LogP contribution in [0.1, 0.15) is 61.1 Å². The van der Waals surface area contributed by atoms with Crippen molar-refractivity contribution in [1.29, 1.82) is 0 Å². The van der Waals surface area contributed by atoms with Gasteiger partial charge in [0, 0.05) is 37.7 Å². The van der Waals surface area contributed by atoms with Crippen LogP contribution in [0.25, 0.3) is 5.69 Å². The van der Waals surface area contributed by atoms with Gasteiger partial charge in [-0.25, -0.2) is 9.48 Å². The number of hydrogen-bond donors (Lipinski definition) is 1. The lowest BCUT2D eigenvalue weighted by Gasteiger charge is -2.34. The summed E-state index contributed by atoms with van der Waals surface area (Å²) in [7, 11) is 0. The molecule has 2 amide bonds. The number of hydrogen-bond acceptors (Lipinski definition) is 6. The van der Waals surface area contributed by atoms with Gasteiger partial charge in [0.25, 0.3) is 11.6 Å². The largest absolute Gasteiger partial charge is 0.444 e. The number of rotatable bonds is 6. The average molecular weight is 506 g/mol. The number of ether oxygens (including phenoxy) is 1. The van der Waals surface area contributed by atoms with Crippen molar-refractivity contribution in [3.63, 3.8) is 0 Å². The van der Waals surface area contributed by atoms with Crippen LogP contribution in [0.5, 0.6) is 0 Å². The number of amides is 2. The molecule has 37 heavy (non-hydrogen) atoms. The summed E-state index contributed by atoms with van der Waals surface area (Å²) in [6.45, 7) is 6.84. The van der Waals surface area contributed by atoms with Gasteiger partial charge in [-0.15, -0.1) is 0 Å². The number of carbonyl (C=O) groups excluding carboxylic acids is 2. The summed E-state index contributed by atoms with van der Waals surface area (Å²) in [4.78, 5) is 38.1. The van der Waals surface area contributed by atoms with Crippen molar-refractivity contribution in [2.75, 3.05) is 13.1 Å². The van der Waals surface area contributed by atoms with Gasteiger partial charge in [0.2, 0.25) is 0 Å². The highest BCUT2D eigenvalue weighted by atomic mass is 16.6. The molecule has 1 fully saturated rings. The van der Waals surface area contributed by atoms with Gasteiger partial charge < -0.3 is 15.0 Å². The minimum Gasteiger partial charge on any atom is -0.444 e. The molecule has 2 aromatic carbocycles. The first kappa shape index (κ1) is 25.9. The second-order valence-corrected chi connectivity index (χ2v) is 10.0. The first-order chi connectivity index (χ1) is 17.6. The fourth-order valence-corrected chi connectivity index (χ4v) is 4.38. The van der Waals surface area contributed by atoms with Crippen molar-refractivity contribution in [3.05, 3.63) is 87.7 Å². The number of nitrogens with zero attached hydrogens (tertiary/aromatic N) is 4. The zero-order valence-corrected chi connectivity index (χ0v) is 21.2.